The highest BCUT2D eigenvalue weighted by Gasteiger charge is 2.33. The minimum absolute atomic E-state index is 0.213. The number of nitrogens with zero attached hydrogens (tertiary/aromatic N) is 3. The van der Waals surface area contributed by atoms with Crippen LogP contribution in [0.3, 0.4) is 0 Å². The van der Waals surface area contributed by atoms with Gasteiger partial charge in [-0.1, -0.05) is 23.5 Å². The van der Waals surface area contributed by atoms with E-state index in [9.17, 15) is 9.59 Å². The van der Waals surface area contributed by atoms with Crippen molar-refractivity contribution in [1.29, 1.82) is 0 Å². The molecule has 2 heterocycles. The Bertz CT molecular complexity index is 1560. The molecule has 206 valence electrons. The summed E-state index contributed by atoms with van der Waals surface area (Å²) in [6.45, 7) is 11.4. The van der Waals surface area contributed by atoms with Gasteiger partial charge < -0.3 is 14.4 Å². The minimum atomic E-state index is -0.641. The second-order valence-corrected chi connectivity index (χ2v) is 11.3. The van der Waals surface area contributed by atoms with E-state index in [4.69, 9.17) is 9.47 Å². The number of esters is 1. The number of hydrogen-bond acceptors (Lipinski definition) is 8. The first-order valence-corrected chi connectivity index (χ1v) is 15.1. The summed E-state index contributed by atoms with van der Waals surface area (Å²) in [5, 5.41) is 0. The summed E-state index contributed by atoms with van der Waals surface area (Å²) in [6, 6.07) is 13.3. The Morgan fingerprint density at radius 3 is 2.46 bits per heavy atom. The Kier molecular flexibility index (Phi) is 9.02. The van der Waals surface area contributed by atoms with Gasteiger partial charge in [-0.3, -0.25) is 9.36 Å². The van der Waals surface area contributed by atoms with Crippen LogP contribution in [0.25, 0.3) is 6.08 Å². The molecule has 2 aromatic carbocycles. The van der Waals surface area contributed by atoms with Crippen molar-refractivity contribution in [2.24, 2.45) is 4.99 Å². The summed E-state index contributed by atoms with van der Waals surface area (Å²) >= 11 is 2.94. The molecule has 9 heteroatoms. The van der Waals surface area contributed by atoms with Crippen molar-refractivity contribution < 1.29 is 14.3 Å². The van der Waals surface area contributed by atoms with Gasteiger partial charge in [-0.15, -0.1) is 11.8 Å². The number of carbonyl (C=O) groups excluding carboxylic acids is 1. The van der Waals surface area contributed by atoms with Crippen LogP contribution in [0.1, 0.15) is 51.8 Å². The largest absolute Gasteiger partial charge is 0.496 e. The molecule has 1 aromatic heterocycles. The monoisotopic (exact) mass is 565 g/mol. The first kappa shape index (κ1) is 28.7. The first-order chi connectivity index (χ1) is 18.7. The van der Waals surface area contributed by atoms with E-state index in [0.29, 0.717) is 26.4 Å². The molecule has 0 radical (unpaired) electrons. The molecule has 0 saturated heterocycles. The molecule has 0 spiro atoms. The molecule has 4 rings (SSSR count). The number of rotatable bonds is 9. The van der Waals surface area contributed by atoms with Gasteiger partial charge in [-0.25, -0.2) is 9.79 Å². The molecule has 39 heavy (non-hydrogen) atoms. The van der Waals surface area contributed by atoms with Crippen LogP contribution in [-0.4, -0.2) is 43.1 Å². The molecule has 0 unspecified atom stereocenters. The van der Waals surface area contributed by atoms with Gasteiger partial charge in [0.1, 0.15) is 5.75 Å². The van der Waals surface area contributed by atoms with Crippen LogP contribution >= 0.6 is 23.1 Å². The lowest BCUT2D eigenvalue weighted by Gasteiger charge is -2.25. The molecular weight excluding hydrogens is 530 g/mol. The Balaban J connectivity index is 1.89. The molecule has 0 N–H and O–H groups in total. The van der Waals surface area contributed by atoms with E-state index in [1.54, 1.807) is 30.4 Å². The maximum atomic E-state index is 13.9. The van der Waals surface area contributed by atoms with Crippen LogP contribution in [0.2, 0.25) is 0 Å². The number of carbonyl (C=O) groups is 1. The highest BCUT2D eigenvalue weighted by Crippen LogP contribution is 2.32. The van der Waals surface area contributed by atoms with Gasteiger partial charge in [-0.05, 0) is 76.8 Å². The zero-order chi connectivity index (χ0) is 28.3. The van der Waals surface area contributed by atoms with E-state index < -0.39 is 12.0 Å². The fraction of sp³-hybridized carbons (Fsp3) is 0.367. The lowest BCUT2D eigenvalue weighted by atomic mass is 9.96. The normalized spacial score (nSPS) is 15.3. The molecular formula is C30H35N3O4S2. The molecule has 3 aromatic rings. The highest BCUT2D eigenvalue weighted by molar-refractivity contribution is 7.98. The second kappa shape index (κ2) is 12.3. The summed E-state index contributed by atoms with van der Waals surface area (Å²) in [7, 11) is 1.63. The van der Waals surface area contributed by atoms with Crippen LogP contribution < -0.4 is 24.5 Å². The number of thiazole rings is 1. The number of fused-ring (bicyclic) bond motifs is 1. The van der Waals surface area contributed by atoms with Gasteiger partial charge in [0.2, 0.25) is 0 Å². The van der Waals surface area contributed by atoms with Crippen LogP contribution in [0, 0.1) is 0 Å². The highest BCUT2D eigenvalue weighted by atomic mass is 32.2. The van der Waals surface area contributed by atoms with Crippen molar-refractivity contribution in [2.45, 2.75) is 51.7 Å². The van der Waals surface area contributed by atoms with E-state index in [2.05, 4.69) is 23.7 Å². The van der Waals surface area contributed by atoms with E-state index >= 15 is 0 Å². The number of aromatic nitrogens is 1. The third-order valence-electron chi connectivity index (χ3n) is 6.65. The van der Waals surface area contributed by atoms with E-state index in [0.717, 1.165) is 34.8 Å². The van der Waals surface area contributed by atoms with E-state index in [1.807, 2.05) is 68.6 Å². The number of anilines is 1. The van der Waals surface area contributed by atoms with Crippen molar-refractivity contribution in [1.82, 2.24) is 4.57 Å². The molecule has 0 amide bonds. The zero-order valence-electron chi connectivity index (χ0n) is 23.5. The lowest BCUT2D eigenvalue weighted by molar-refractivity contribution is -0.143. The van der Waals surface area contributed by atoms with Crippen molar-refractivity contribution in [3.63, 3.8) is 0 Å². The fourth-order valence-corrected chi connectivity index (χ4v) is 6.15. The Hall–Kier alpha value is -3.30. The van der Waals surface area contributed by atoms with Crippen LogP contribution in [0.15, 0.2) is 68.4 Å². The van der Waals surface area contributed by atoms with Crippen molar-refractivity contribution in [2.75, 3.05) is 31.4 Å². The van der Waals surface area contributed by atoms with Gasteiger partial charge in [0.15, 0.2) is 4.80 Å². The molecule has 1 atom stereocenters. The Labute approximate surface area is 237 Å². The second-order valence-electron chi connectivity index (χ2n) is 9.41. The average molecular weight is 566 g/mol. The molecule has 1 aliphatic heterocycles. The van der Waals surface area contributed by atoms with Gasteiger partial charge in [0.05, 0.1) is 35.1 Å². The Morgan fingerprint density at radius 1 is 1.18 bits per heavy atom. The quantitative estimate of drug-likeness (QED) is 0.275. The zero-order valence-corrected chi connectivity index (χ0v) is 25.1. The molecule has 0 saturated carbocycles. The number of thioether (sulfide) groups is 1. The summed E-state index contributed by atoms with van der Waals surface area (Å²) in [5.41, 5.74) is 3.40. The van der Waals surface area contributed by atoms with Crippen molar-refractivity contribution >= 4 is 40.8 Å². The van der Waals surface area contributed by atoms with Crippen LogP contribution in [0.4, 0.5) is 5.69 Å². The molecule has 0 aliphatic carbocycles. The molecule has 0 fully saturated rings. The summed E-state index contributed by atoms with van der Waals surface area (Å²) in [4.78, 5) is 35.8. The van der Waals surface area contributed by atoms with Gasteiger partial charge in [-0.2, -0.15) is 0 Å². The summed E-state index contributed by atoms with van der Waals surface area (Å²) in [6.07, 6.45) is 3.55. The third-order valence-corrected chi connectivity index (χ3v) is 8.37. The summed E-state index contributed by atoms with van der Waals surface area (Å²) in [5.74, 6) is 0.222. The third kappa shape index (κ3) is 5.84. The van der Waals surface area contributed by atoms with Gasteiger partial charge >= 0.3 is 5.97 Å². The topological polar surface area (TPSA) is 73.1 Å². The van der Waals surface area contributed by atoms with E-state index in [-0.39, 0.29) is 11.7 Å². The molecule has 7 nitrogen and oxygen atoms in total. The smallest absolute Gasteiger partial charge is 0.338 e. The number of methoxy groups -OCH3 is 1. The van der Waals surface area contributed by atoms with E-state index in [1.165, 1.54) is 11.3 Å². The SMILES string of the molecule is CCN(CC)c1ccc(/C=c2\sc3n(c2=O)[C@H](c2ccc(SC)cc2)C(C(=O)OC(C)C)=C(C)N=3)c(OC)c1. The van der Waals surface area contributed by atoms with Gasteiger partial charge in [0, 0.05) is 35.3 Å². The van der Waals surface area contributed by atoms with Crippen LogP contribution in [0.5, 0.6) is 5.75 Å². The standard InChI is InChI=1S/C30H35N3O4S2/c1-8-32(9-2)22-13-10-21(24(17-22)36-6)16-25-28(34)33-27(20-11-14-23(38-7)15-12-20)26(29(35)37-18(3)4)19(5)31-30(33)39-25/h10-18,27H,8-9H2,1-7H3/b25-16-/t27-/m1/s1. The van der Waals surface area contributed by atoms with Crippen molar-refractivity contribution in [3.05, 3.63) is 84.5 Å². The van der Waals surface area contributed by atoms with Crippen molar-refractivity contribution in [3.8, 4) is 5.75 Å². The maximum absolute atomic E-state index is 13.9. The number of benzene rings is 2. The lowest BCUT2D eigenvalue weighted by Crippen LogP contribution is -2.40. The molecule has 0 bridgehead atoms. The summed E-state index contributed by atoms with van der Waals surface area (Å²) < 4.78 is 13.4. The minimum Gasteiger partial charge on any atom is -0.496 e. The van der Waals surface area contributed by atoms with Crippen LogP contribution in [-0.2, 0) is 9.53 Å². The number of allylic oxidation sites excluding steroid dienone is 1. The number of ether oxygens (including phenoxy) is 2. The first-order valence-electron chi connectivity index (χ1n) is 13.0. The molecule has 1 aliphatic rings. The Morgan fingerprint density at radius 2 is 1.87 bits per heavy atom. The predicted octanol–water partition coefficient (Wildman–Crippen LogP) is 4.76. The maximum Gasteiger partial charge on any atom is 0.338 e. The number of hydrogen-bond donors (Lipinski definition) is 0. The predicted molar refractivity (Wildman–Crippen MR) is 160 cm³/mol. The van der Waals surface area contributed by atoms with Gasteiger partial charge in [0.25, 0.3) is 5.56 Å². The average Bonchev–Trinajstić information content (AvgIpc) is 3.22. The fourth-order valence-electron chi connectivity index (χ4n) is 4.71.